The maximum Gasteiger partial charge on any atom is 0.0315 e. The molecule has 0 unspecified atom stereocenters. The summed E-state index contributed by atoms with van der Waals surface area (Å²) in [6.45, 7) is 0. The normalized spacial score (nSPS) is 10.9. The molecule has 0 saturated carbocycles. The van der Waals surface area contributed by atoms with Gasteiger partial charge in [-0.05, 0) is 24.3 Å². The molecule has 2 aromatic carbocycles. The minimum atomic E-state index is 1.15. The first-order valence-electron chi connectivity index (χ1n) is 8.09. The molecule has 0 amide bonds. The minimum absolute atomic E-state index is 1.15. The summed E-state index contributed by atoms with van der Waals surface area (Å²) in [6.07, 6.45) is 0. The van der Waals surface area contributed by atoms with Crippen LogP contribution in [0.2, 0.25) is 0 Å². The van der Waals surface area contributed by atoms with E-state index in [0.29, 0.717) is 0 Å². The summed E-state index contributed by atoms with van der Waals surface area (Å²) in [5, 5.41) is 4.59. The first kappa shape index (κ1) is 19.3. The standard InChI is InChI=1S/C20H20S5/c1-3-7-17(8-4-1)22-11-13-24-19-15-21-16-20(19)25-14-12-23-18-9-5-2-6-10-18/h1-10,15-16H,11-14H2. The van der Waals surface area contributed by atoms with E-state index in [0.717, 1.165) is 23.0 Å². The fourth-order valence-electron chi connectivity index (χ4n) is 2.14. The molecule has 0 radical (unpaired) electrons. The smallest absolute Gasteiger partial charge is 0.0315 e. The highest BCUT2D eigenvalue weighted by molar-refractivity contribution is 8.05. The summed E-state index contributed by atoms with van der Waals surface area (Å²) in [4.78, 5) is 5.63. The van der Waals surface area contributed by atoms with Crippen molar-refractivity contribution in [2.24, 2.45) is 0 Å². The molecule has 0 spiro atoms. The Kier molecular flexibility index (Phi) is 8.72. The fourth-order valence-corrected chi connectivity index (χ4v) is 7.44. The van der Waals surface area contributed by atoms with Crippen LogP contribution >= 0.6 is 58.4 Å². The van der Waals surface area contributed by atoms with Gasteiger partial charge in [0.05, 0.1) is 0 Å². The Morgan fingerprint density at radius 2 is 0.920 bits per heavy atom. The average molecular weight is 421 g/mol. The SMILES string of the molecule is c1ccc(SCCSc2cscc2SCCSc2ccccc2)cc1. The van der Waals surface area contributed by atoms with Gasteiger partial charge < -0.3 is 0 Å². The van der Waals surface area contributed by atoms with E-state index in [2.05, 4.69) is 71.4 Å². The van der Waals surface area contributed by atoms with Crippen LogP contribution in [0.4, 0.5) is 0 Å². The van der Waals surface area contributed by atoms with Crippen LogP contribution in [0.5, 0.6) is 0 Å². The van der Waals surface area contributed by atoms with Crippen molar-refractivity contribution < 1.29 is 0 Å². The predicted octanol–water partition coefficient (Wildman–Crippen LogP) is 7.52. The summed E-state index contributed by atoms with van der Waals surface area (Å²) in [5.74, 6) is 4.61. The molecule has 5 heteroatoms. The molecule has 1 heterocycles. The van der Waals surface area contributed by atoms with Crippen molar-refractivity contribution in [2.75, 3.05) is 23.0 Å². The minimum Gasteiger partial charge on any atom is -0.150 e. The molecule has 0 aliphatic rings. The van der Waals surface area contributed by atoms with E-state index >= 15 is 0 Å². The van der Waals surface area contributed by atoms with Crippen molar-refractivity contribution in [1.82, 2.24) is 0 Å². The van der Waals surface area contributed by atoms with Crippen molar-refractivity contribution in [3.63, 3.8) is 0 Å². The fraction of sp³-hybridized carbons (Fsp3) is 0.200. The van der Waals surface area contributed by atoms with E-state index in [-0.39, 0.29) is 0 Å². The van der Waals surface area contributed by atoms with Crippen LogP contribution in [0.15, 0.2) is 91.0 Å². The molecule has 0 N–H and O–H groups in total. The summed E-state index contributed by atoms with van der Waals surface area (Å²) in [5.41, 5.74) is 0. The monoisotopic (exact) mass is 420 g/mol. The first-order valence-corrected chi connectivity index (χ1v) is 13.0. The van der Waals surface area contributed by atoms with E-state index in [1.807, 2.05) is 58.4 Å². The van der Waals surface area contributed by atoms with Gasteiger partial charge >= 0.3 is 0 Å². The molecule has 0 atom stereocenters. The summed E-state index contributed by atoms with van der Waals surface area (Å²) < 4.78 is 0. The van der Waals surface area contributed by atoms with Crippen LogP contribution < -0.4 is 0 Å². The molecule has 25 heavy (non-hydrogen) atoms. The molecule has 0 saturated heterocycles. The molecule has 0 aliphatic heterocycles. The Bertz CT molecular complexity index is 662. The van der Waals surface area contributed by atoms with Crippen LogP contribution in [-0.2, 0) is 0 Å². The zero-order valence-electron chi connectivity index (χ0n) is 13.8. The Labute approximate surface area is 171 Å². The van der Waals surface area contributed by atoms with Crippen LogP contribution in [0.3, 0.4) is 0 Å². The largest absolute Gasteiger partial charge is 0.150 e. The van der Waals surface area contributed by atoms with Gasteiger partial charge in [0.1, 0.15) is 0 Å². The Balaban J connectivity index is 1.35. The second kappa shape index (κ2) is 11.3. The van der Waals surface area contributed by atoms with Crippen molar-refractivity contribution >= 4 is 58.4 Å². The third-order valence-electron chi connectivity index (χ3n) is 3.30. The number of benzene rings is 2. The lowest BCUT2D eigenvalue weighted by molar-refractivity contribution is 1.31. The molecule has 0 bridgehead atoms. The van der Waals surface area contributed by atoms with Gasteiger partial charge in [0.2, 0.25) is 0 Å². The van der Waals surface area contributed by atoms with Crippen LogP contribution in [0, 0.1) is 0 Å². The van der Waals surface area contributed by atoms with Gasteiger partial charge in [-0.3, -0.25) is 0 Å². The molecular weight excluding hydrogens is 401 g/mol. The third kappa shape index (κ3) is 6.99. The highest BCUT2D eigenvalue weighted by atomic mass is 32.2. The van der Waals surface area contributed by atoms with Crippen LogP contribution in [0.25, 0.3) is 0 Å². The lowest BCUT2D eigenvalue weighted by Gasteiger charge is -2.05. The molecular formula is C20H20S5. The van der Waals surface area contributed by atoms with Crippen LogP contribution in [-0.4, -0.2) is 23.0 Å². The number of hydrogen-bond donors (Lipinski definition) is 0. The van der Waals surface area contributed by atoms with E-state index in [1.54, 1.807) is 0 Å². The third-order valence-corrected chi connectivity index (χ3v) is 9.13. The summed E-state index contributed by atoms with van der Waals surface area (Å²) >= 11 is 9.68. The topological polar surface area (TPSA) is 0 Å². The van der Waals surface area contributed by atoms with E-state index in [4.69, 9.17) is 0 Å². The van der Waals surface area contributed by atoms with Gasteiger partial charge in [0, 0.05) is 53.4 Å². The predicted molar refractivity (Wildman–Crippen MR) is 120 cm³/mol. The Morgan fingerprint density at radius 1 is 0.520 bits per heavy atom. The van der Waals surface area contributed by atoms with E-state index < -0.39 is 0 Å². The summed E-state index contributed by atoms with van der Waals surface area (Å²) in [6, 6.07) is 21.3. The molecule has 1 aromatic heterocycles. The Morgan fingerprint density at radius 3 is 1.36 bits per heavy atom. The molecule has 3 aromatic rings. The molecule has 0 nitrogen and oxygen atoms in total. The van der Waals surface area contributed by atoms with Gasteiger partial charge in [-0.2, -0.15) is 11.3 Å². The Hall–Kier alpha value is -0.460. The highest BCUT2D eigenvalue weighted by Crippen LogP contribution is 2.35. The number of rotatable bonds is 10. The zero-order chi connectivity index (χ0) is 17.2. The van der Waals surface area contributed by atoms with E-state index in [1.165, 1.54) is 19.6 Å². The van der Waals surface area contributed by atoms with E-state index in [9.17, 15) is 0 Å². The molecule has 0 fully saturated rings. The summed E-state index contributed by atoms with van der Waals surface area (Å²) in [7, 11) is 0. The van der Waals surface area contributed by atoms with Crippen molar-refractivity contribution in [2.45, 2.75) is 19.6 Å². The maximum atomic E-state index is 2.30. The molecule has 0 aliphatic carbocycles. The van der Waals surface area contributed by atoms with Gasteiger partial charge in [0.15, 0.2) is 0 Å². The molecule has 3 rings (SSSR count). The number of hydrogen-bond acceptors (Lipinski definition) is 5. The lowest BCUT2D eigenvalue weighted by atomic mass is 10.4. The maximum absolute atomic E-state index is 2.30. The van der Waals surface area contributed by atoms with Crippen LogP contribution in [0.1, 0.15) is 0 Å². The second-order valence-electron chi connectivity index (χ2n) is 5.12. The second-order valence-corrected chi connectivity index (χ2v) is 10.5. The van der Waals surface area contributed by atoms with Crippen molar-refractivity contribution in [3.8, 4) is 0 Å². The number of thiophene rings is 1. The van der Waals surface area contributed by atoms with Gasteiger partial charge in [-0.25, -0.2) is 0 Å². The average Bonchev–Trinajstić information content (AvgIpc) is 3.11. The van der Waals surface area contributed by atoms with Gasteiger partial charge in [0.25, 0.3) is 0 Å². The quantitative estimate of drug-likeness (QED) is 0.245. The highest BCUT2D eigenvalue weighted by Gasteiger charge is 2.06. The van der Waals surface area contributed by atoms with Crippen molar-refractivity contribution in [1.29, 1.82) is 0 Å². The van der Waals surface area contributed by atoms with Gasteiger partial charge in [-0.1, -0.05) is 36.4 Å². The van der Waals surface area contributed by atoms with Gasteiger partial charge in [-0.15, -0.1) is 47.0 Å². The zero-order valence-corrected chi connectivity index (χ0v) is 17.9. The van der Waals surface area contributed by atoms with Crippen molar-refractivity contribution in [3.05, 3.63) is 71.4 Å². The number of thioether (sulfide) groups is 4. The lowest BCUT2D eigenvalue weighted by Crippen LogP contribution is -1.86. The first-order chi connectivity index (χ1) is 12.4. The molecule has 130 valence electrons.